The molecular weight excluding hydrogens is 300 g/mol. The summed E-state index contributed by atoms with van der Waals surface area (Å²) in [6.45, 7) is 1.08. The van der Waals surface area contributed by atoms with E-state index in [9.17, 15) is 0 Å². The topological polar surface area (TPSA) is 61.5 Å². The highest BCUT2D eigenvalue weighted by Gasteiger charge is 2.09. The summed E-state index contributed by atoms with van der Waals surface area (Å²) in [5.74, 6) is 0.772. The second-order valence-corrected chi connectivity index (χ2v) is 5.35. The highest BCUT2D eigenvalue weighted by Crippen LogP contribution is 2.23. The van der Waals surface area contributed by atoms with Gasteiger partial charge in [0.2, 0.25) is 0 Å². The molecule has 3 heterocycles. The smallest absolute Gasteiger partial charge is 0.140 e. The average molecular weight is 316 g/mol. The van der Waals surface area contributed by atoms with Gasteiger partial charge in [0, 0.05) is 19.4 Å². The number of aromatic nitrogens is 4. The zero-order valence-electron chi connectivity index (χ0n) is 12.4. The molecule has 0 spiro atoms. The molecule has 114 valence electrons. The van der Waals surface area contributed by atoms with Crippen LogP contribution >= 0.6 is 11.8 Å². The molecule has 0 radical (unpaired) electrons. The van der Waals surface area contributed by atoms with Crippen LogP contribution in [-0.2, 0) is 4.74 Å². The number of rotatable bonds is 6. The number of fused-ring (bicyclic) bond motifs is 1. The van der Waals surface area contributed by atoms with Gasteiger partial charge >= 0.3 is 0 Å². The molecule has 3 aromatic heterocycles. The van der Waals surface area contributed by atoms with E-state index in [1.54, 1.807) is 31.4 Å². The van der Waals surface area contributed by atoms with Crippen LogP contribution in [0.15, 0.2) is 41.9 Å². The predicted octanol–water partition coefficient (Wildman–Crippen LogP) is 2.54. The van der Waals surface area contributed by atoms with Crippen molar-refractivity contribution in [1.29, 1.82) is 0 Å². The van der Waals surface area contributed by atoms with Crippen molar-refractivity contribution in [3.05, 3.63) is 36.9 Å². The third kappa shape index (κ3) is 3.05. The van der Waals surface area contributed by atoms with Crippen molar-refractivity contribution < 1.29 is 9.47 Å². The Hall–Kier alpha value is -2.12. The molecular formula is C15H16N4O2S. The van der Waals surface area contributed by atoms with Crippen molar-refractivity contribution in [2.24, 2.45) is 0 Å². The highest BCUT2D eigenvalue weighted by atomic mass is 32.2. The van der Waals surface area contributed by atoms with Gasteiger partial charge in [-0.2, -0.15) is 0 Å². The first-order valence-electron chi connectivity index (χ1n) is 6.77. The quantitative estimate of drug-likeness (QED) is 0.396. The lowest BCUT2D eigenvalue weighted by molar-refractivity contribution is 0.146. The largest absolute Gasteiger partial charge is 0.491 e. The van der Waals surface area contributed by atoms with Crippen LogP contribution < -0.4 is 4.74 Å². The second kappa shape index (κ2) is 6.76. The van der Waals surface area contributed by atoms with Gasteiger partial charge < -0.3 is 9.47 Å². The van der Waals surface area contributed by atoms with Gasteiger partial charge in [-0.3, -0.25) is 4.40 Å². The molecule has 0 aliphatic rings. The van der Waals surface area contributed by atoms with Gasteiger partial charge in [-0.1, -0.05) is 0 Å². The zero-order valence-corrected chi connectivity index (χ0v) is 13.2. The van der Waals surface area contributed by atoms with Crippen LogP contribution in [-0.4, -0.2) is 45.9 Å². The van der Waals surface area contributed by atoms with E-state index < -0.39 is 0 Å². The van der Waals surface area contributed by atoms with Crippen LogP contribution in [0.5, 0.6) is 5.75 Å². The minimum Gasteiger partial charge on any atom is -0.491 e. The monoisotopic (exact) mass is 316 g/mol. The van der Waals surface area contributed by atoms with Gasteiger partial charge in [-0.05, 0) is 18.4 Å². The lowest BCUT2D eigenvalue weighted by atomic mass is 10.3. The Morgan fingerprint density at radius 3 is 2.91 bits per heavy atom. The van der Waals surface area contributed by atoms with Crippen molar-refractivity contribution in [3.63, 3.8) is 0 Å². The van der Waals surface area contributed by atoms with Crippen molar-refractivity contribution in [2.45, 2.75) is 5.03 Å². The molecule has 3 aromatic rings. The maximum atomic E-state index is 5.60. The summed E-state index contributed by atoms with van der Waals surface area (Å²) in [6.07, 6.45) is 7.30. The first-order valence-corrected chi connectivity index (χ1v) is 7.99. The van der Waals surface area contributed by atoms with Crippen LogP contribution in [0.4, 0.5) is 0 Å². The van der Waals surface area contributed by atoms with Gasteiger partial charge in [-0.15, -0.1) is 11.8 Å². The standard InChI is InChI=1S/C15H16N4O2S/c1-20-5-6-21-11-3-4-19-13(9-16-14(19)7-11)12-8-15(22-2)18-10-17-12/h3-4,7-10H,5-6H2,1-2H3. The summed E-state index contributed by atoms with van der Waals surface area (Å²) in [5.41, 5.74) is 2.59. The van der Waals surface area contributed by atoms with Crippen LogP contribution in [0.25, 0.3) is 17.0 Å². The van der Waals surface area contributed by atoms with E-state index in [1.807, 2.05) is 35.1 Å². The third-order valence-electron chi connectivity index (χ3n) is 3.15. The summed E-state index contributed by atoms with van der Waals surface area (Å²) in [4.78, 5) is 12.9. The van der Waals surface area contributed by atoms with Crippen molar-refractivity contribution in [3.8, 4) is 17.1 Å². The maximum Gasteiger partial charge on any atom is 0.140 e. The molecule has 3 rings (SSSR count). The molecule has 6 nitrogen and oxygen atoms in total. The third-order valence-corrected chi connectivity index (χ3v) is 3.80. The minimum absolute atomic E-state index is 0.517. The van der Waals surface area contributed by atoms with Gasteiger partial charge in [-0.25, -0.2) is 15.0 Å². The molecule has 0 saturated carbocycles. The maximum absolute atomic E-state index is 5.60. The average Bonchev–Trinajstić information content (AvgIpc) is 2.98. The Balaban J connectivity index is 1.91. The van der Waals surface area contributed by atoms with Crippen molar-refractivity contribution >= 4 is 17.4 Å². The first kappa shape index (κ1) is 14.8. The molecule has 7 heteroatoms. The molecule has 0 saturated heterocycles. The number of hydrogen-bond acceptors (Lipinski definition) is 6. The Kier molecular flexibility index (Phi) is 4.55. The van der Waals surface area contributed by atoms with Crippen LogP contribution in [0, 0.1) is 0 Å². The molecule has 0 aromatic carbocycles. The molecule has 0 amide bonds. The fourth-order valence-corrected chi connectivity index (χ4v) is 2.46. The minimum atomic E-state index is 0.517. The van der Waals surface area contributed by atoms with Crippen LogP contribution in [0.3, 0.4) is 0 Å². The lowest BCUT2D eigenvalue weighted by Gasteiger charge is -2.06. The number of imidazole rings is 1. The summed E-state index contributed by atoms with van der Waals surface area (Å²) >= 11 is 1.59. The fraction of sp³-hybridized carbons (Fsp3) is 0.267. The fourth-order valence-electron chi connectivity index (χ4n) is 2.08. The molecule has 0 unspecified atom stereocenters. The van der Waals surface area contributed by atoms with E-state index >= 15 is 0 Å². The summed E-state index contributed by atoms with van der Waals surface area (Å²) < 4.78 is 12.6. The Morgan fingerprint density at radius 2 is 2.09 bits per heavy atom. The normalized spacial score (nSPS) is 11.0. The highest BCUT2D eigenvalue weighted by molar-refractivity contribution is 7.98. The van der Waals surface area contributed by atoms with Crippen LogP contribution in [0.1, 0.15) is 0 Å². The summed E-state index contributed by atoms with van der Waals surface area (Å²) in [7, 11) is 1.65. The molecule has 22 heavy (non-hydrogen) atoms. The number of nitrogens with zero attached hydrogens (tertiary/aromatic N) is 4. The molecule has 0 aliphatic heterocycles. The molecule has 0 bridgehead atoms. The van der Waals surface area contributed by atoms with E-state index in [1.165, 1.54) is 0 Å². The van der Waals surface area contributed by atoms with Gasteiger partial charge in [0.15, 0.2) is 0 Å². The van der Waals surface area contributed by atoms with Crippen LogP contribution in [0.2, 0.25) is 0 Å². The number of methoxy groups -OCH3 is 1. The first-order chi connectivity index (χ1) is 10.8. The Bertz CT molecular complexity index is 775. The number of pyridine rings is 1. The van der Waals surface area contributed by atoms with Gasteiger partial charge in [0.25, 0.3) is 0 Å². The van der Waals surface area contributed by atoms with E-state index in [0.717, 1.165) is 27.8 Å². The Morgan fingerprint density at radius 1 is 1.18 bits per heavy atom. The summed E-state index contributed by atoms with van der Waals surface area (Å²) in [5, 5.41) is 0.930. The number of ether oxygens (including phenoxy) is 2. The van der Waals surface area contributed by atoms with Gasteiger partial charge in [0.1, 0.15) is 24.3 Å². The molecule has 0 fully saturated rings. The number of hydrogen-bond donors (Lipinski definition) is 0. The lowest BCUT2D eigenvalue weighted by Crippen LogP contribution is -2.04. The van der Waals surface area contributed by atoms with Crippen molar-refractivity contribution in [2.75, 3.05) is 26.6 Å². The van der Waals surface area contributed by atoms with E-state index in [4.69, 9.17) is 9.47 Å². The molecule has 0 N–H and O–H groups in total. The molecule has 0 atom stereocenters. The van der Waals surface area contributed by atoms with E-state index in [-0.39, 0.29) is 0 Å². The second-order valence-electron chi connectivity index (χ2n) is 4.52. The van der Waals surface area contributed by atoms with E-state index in [0.29, 0.717) is 13.2 Å². The molecule has 0 aliphatic carbocycles. The van der Waals surface area contributed by atoms with Gasteiger partial charge in [0.05, 0.1) is 29.2 Å². The Labute approximate surface area is 132 Å². The SMILES string of the molecule is COCCOc1ccn2c(-c3cc(SC)ncn3)cnc2c1. The summed E-state index contributed by atoms with van der Waals surface area (Å²) in [6, 6.07) is 5.76. The van der Waals surface area contributed by atoms with E-state index in [2.05, 4.69) is 15.0 Å². The van der Waals surface area contributed by atoms with Crippen molar-refractivity contribution in [1.82, 2.24) is 19.4 Å². The predicted molar refractivity (Wildman–Crippen MR) is 85.4 cm³/mol. The number of thioether (sulfide) groups is 1. The zero-order chi connectivity index (χ0) is 15.4.